The highest BCUT2D eigenvalue weighted by atomic mass is 79.9. The summed E-state index contributed by atoms with van der Waals surface area (Å²) in [5.74, 6) is -0.0582. The number of ether oxygens (including phenoxy) is 1. The number of nitriles is 1. The molecule has 5 heteroatoms. The Kier molecular flexibility index (Phi) is 4.18. The van der Waals surface area contributed by atoms with E-state index in [0.717, 1.165) is 0 Å². The van der Waals surface area contributed by atoms with Crippen molar-refractivity contribution < 1.29 is 9.13 Å². The second-order valence-corrected chi connectivity index (χ2v) is 3.86. The summed E-state index contributed by atoms with van der Waals surface area (Å²) in [6.45, 7) is 0.0279. The van der Waals surface area contributed by atoms with Gasteiger partial charge in [-0.3, -0.25) is 0 Å². The molecule has 74 valence electrons. The highest BCUT2D eigenvalue weighted by molar-refractivity contribution is 9.10. The average Bonchev–Trinajstić information content (AvgIpc) is 2.19. The van der Waals surface area contributed by atoms with Gasteiger partial charge in [0.2, 0.25) is 0 Å². The monoisotopic (exact) mass is 277 g/mol. The third-order valence-corrected chi connectivity index (χ3v) is 2.30. The third kappa shape index (κ3) is 3.17. The Hall–Kier alpha value is -0.790. The maximum absolute atomic E-state index is 12.8. The minimum absolute atomic E-state index is 0.0279. The van der Waals surface area contributed by atoms with Gasteiger partial charge in [0.05, 0.1) is 10.5 Å². The first kappa shape index (κ1) is 11.3. The van der Waals surface area contributed by atoms with E-state index in [1.807, 2.05) is 0 Å². The van der Waals surface area contributed by atoms with Crippen molar-refractivity contribution in [3.8, 4) is 11.8 Å². The van der Waals surface area contributed by atoms with Crippen LogP contribution in [0.3, 0.4) is 0 Å². The SMILES string of the molecule is N#CC(Cl)COc1cc(F)ccc1Br. The Balaban J connectivity index is 2.67. The van der Waals surface area contributed by atoms with E-state index in [4.69, 9.17) is 21.6 Å². The predicted molar refractivity (Wildman–Crippen MR) is 54.8 cm³/mol. The Morgan fingerprint density at radius 3 is 3.00 bits per heavy atom. The van der Waals surface area contributed by atoms with Crippen LogP contribution in [0.1, 0.15) is 0 Å². The van der Waals surface area contributed by atoms with Crippen LogP contribution in [0.4, 0.5) is 4.39 Å². The molecule has 0 aliphatic rings. The second kappa shape index (κ2) is 5.18. The lowest BCUT2D eigenvalue weighted by Gasteiger charge is -2.07. The number of rotatable bonds is 3. The highest BCUT2D eigenvalue weighted by Crippen LogP contribution is 2.25. The first-order chi connectivity index (χ1) is 6.63. The molecule has 0 aliphatic carbocycles. The minimum Gasteiger partial charge on any atom is -0.490 e. The van der Waals surface area contributed by atoms with E-state index in [1.165, 1.54) is 18.2 Å². The molecule has 0 amide bonds. The van der Waals surface area contributed by atoms with Crippen LogP contribution in [0.5, 0.6) is 5.75 Å². The van der Waals surface area contributed by atoms with Gasteiger partial charge in [-0.15, -0.1) is 11.6 Å². The van der Waals surface area contributed by atoms with E-state index < -0.39 is 11.2 Å². The van der Waals surface area contributed by atoms with Gasteiger partial charge in [0.15, 0.2) is 5.38 Å². The molecule has 14 heavy (non-hydrogen) atoms. The zero-order valence-electron chi connectivity index (χ0n) is 7.01. The summed E-state index contributed by atoms with van der Waals surface area (Å²) in [4.78, 5) is 0. The summed E-state index contributed by atoms with van der Waals surface area (Å²) in [6, 6.07) is 5.86. The molecule has 1 aromatic rings. The number of benzene rings is 1. The molecular weight excluding hydrogens is 272 g/mol. The molecule has 0 bridgehead atoms. The lowest BCUT2D eigenvalue weighted by atomic mass is 10.3. The number of nitrogens with zero attached hydrogens (tertiary/aromatic N) is 1. The smallest absolute Gasteiger partial charge is 0.154 e. The largest absolute Gasteiger partial charge is 0.490 e. The summed E-state index contributed by atoms with van der Waals surface area (Å²) in [5.41, 5.74) is 0. The van der Waals surface area contributed by atoms with Gasteiger partial charge in [0.25, 0.3) is 0 Å². The van der Waals surface area contributed by atoms with E-state index in [9.17, 15) is 4.39 Å². The van der Waals surface area contributed by atoms with Crippen molar-refractivity contribution in [2.45, 2.75) is 5.38 Å². The fourth-order valence-electron chi connectivity index (χ4n) is 0.788. The fraction of sp³-hybridized carbons (Fsp3) is 0.222. The molecule has 0 radical (unpaired) electrons. The lowest BCUT2D eigenvalue weighted by Crippen LogP contribution is -2.09. The van der Waals surface area contributed by atoms with Crippen LogP contribution >= 0.6 is 27.5 Å². The van der Waals surface area contributed by atoms with Crippen molar-refractivity contribution in [2.24, 2.45) is 0 Å². The quantitative estimate of drug-likeness (QED) is 0.796. The molecule has 0 fully saturated rings. The Morgan fingerprint density at radius 1 is 1.64 bits per heavy atom. The van der Waals surface area contributed by atoms with Crippen LogP contribution in [0.2, 0.25) is 0 Å². The van der Waals surface area contributed by atoms with Gasteiger partial charge in [0, 0.05) is 6.07 Å². The van der Waals surface area contributed by atoms with E-state index in [1.54, 1.807) is 6.07 Å². The summed E-state index contributed by atoms with van der Waals surface area (Å²) in [7, 11) is 0. The lowest BCUT2D eigenvalue weighted by molar-refractivity contribution is 0.325. The molecule has 0 heterocycles. The average molecular weight is 279 g/mol. The molecule has 0 saturated heterocycles. The molecule has 1 atom stereocenters. The normalized spacial score (nSPS) is 11.9. The number of alkyl halides is 1. The molecule has 2 nitrogen and oxygen atoms in total. The van der Waals surface area contributed by atoms with Gasteiger partial charge in [-0.25, -0.2) is 4.39 Å². The van der Waals surface area contributed by atoms with Crippen molar-refractivity contribution >= 4 is 27.5 Å². The Morgan fingerprint density at radius 2 is 2.36 bits per heavy atom. The van der Waals surface area contributed by atoms with Crippen LogP contribution in [-0.2, 0) is 0 Å². The van der Waals surface area contributed by atoms with Crippen molar-refractivity contribution in [2.75, 3.05) is 6.61 Å². The van der Waals surface area contributed by atoms with Gasteiger partial charge >= 0.3 is 0 Å². The van der Waals surface area contributed by atoms with Crippen LogP contribution in [0.15, 0.2) is 22.7 Å². The maximum Gasteiger partial charge on any atom is 0.154 e. The number of hydrogen-bond donors (Lipinski definition) is 0. The molecule has 0 aliphatic heterocycles. The van der Waals surface area contributed by atoms with Crippen molar-refractivity contribution in [3.05, 3.63) is 28.5 Å². The zero-order valence-corrected chi connectivity index (χ0v) is 9.35. The maximum atomic E-state index is 12.8. The second-order valence-electron chi connectivity index (χ2n) is 2.48. The zero-order chi connectivity index (χ0) is 10.6. The first-order valence-electron chi connectivity index (χ1n) is 3.75. The molecule has 0 aromatic heterocycles. The van der Waals surface area contributed by atoms with Crippen LogP contribution in [-0.4, -0.2) is 12.0 Å². The van der Waals surface area contributed by atoms with Gasteiger partial charge in [0.1, 0.15) is 18.2 Å². The minimum atomic E-state index is -0.731. The Bertz CT molecular complexity index is 366. The van der Waals surface area contributed by atoms with E-state index in [0.29, 0.717) is 10.2 Å². The summed E-state index contributed by atoms with van der Waals surface area (Å²) in [5, 5.41) is 7.66. The number of hydrogen-bond acceptors (Lipinski definition) is 2. The first-order valence-corrected chi connectivity index (χ1v) is 4.98. The topological polar surface area (TPSA) is 33.0 Å². The van der Waals surface area contributed by atoms with E-state index >= 15 is 0 Å². The van der Waals surface area contributed by atoms with E-state index in [-0.39, 0.29) is 6.61 Å². The van der Waals surface area contributed by atoms with Gasteiger partial charge in [-0.1, -0.05) is 0 Å². The summed E-state index contributed by atoms with van der Waals surface area (Å²) >= 11 is 8.70. The van der Waals surface area contributed by atoms with Crippen LogP contribution in [0, 0.1) is 17.1 Å². The molecule has 0 N–H and O–H groups in total. The molecule has 0 saturated carbocycles. The third-order valence-electron chi connectivity index (χ3n) is 1.42. The standard InChI is InChI=1S/C9H6BrClFNO/c10-8-2-1-7(12)3-9(8)14-5-6(11)4-13/h1-3,6H,5H2. The van der Waals surface area contributed by atoms with Crippen LogP contribution < -0.4 is 4.74 Å². The molecule has 0 spiro atoms. The van der Waals surface area contributed by atoms with Gasteiger partial charge < -0.3 is 4.74 Å². The molecule has 1 aromatic carbocycles. The van der Waals surface area contributed by atoms with Crippen molar-refractivity contribution in [3.63, 3.8) is 0 Å². The molecular formula is C9H6BrClFNO. The van der Waals surface area contributed by atoms with Gasteiger partial charge in [-0.2, -0.15) is 5.26 Å². The predicted octanol–water partition coefficient (Wildman–Crippen LogP) is 3.10. The van der Waals surface area contributed by atoms with Crippen LogP contribution in [0.25, 0.3) is 0 Å². The fourth-order valence-corrected chi connectivity index (χ4v) is 1.21. The van der Waals surface area contributed by atoms with Gasteiger partial charge in [-0.05, 0) is 28.1 Å². The Labute approximate surface area is 94.4 Å². The summed E-state index contributed by atoms with van der Waals surface area (Å²) in [6.07, 6.45) is 0. The highest BCUT2D eigenvalue weighted by Gasteiger charge is 2.06. The molecule has 1 unspecified atom stereocenters. The van der Waals surface area contributed by atoms with Crippen molar-refractivity contribution in [1.82, 2.24) is 0 Å². The van der Waals surface area contributed by atoms with Crippen molar-refractivity contribution in [1.29, 1.82) is 5.26 Å². The molecule has 1 rings (SSSR count). The van der Waals surface area contributed by atoms with E-state index in [2.05, 4.69) is 15.9 Å². The summed E-state index contributed by atoms with van der Waals surface area (Å²) < 4.78 is 18.5. The number of halogens is 3.